The van der Waals surface area contributed by atoms with Crippen LogP contribution < -0.4 is 0 Å². The van der Waals surface area contributed by atoms with E-state index in [0.717, 1.165) is 6.92 Å². The number of carbonyl (C=O) groups is 2. The monoisotopic (exact) mass is 1200 g/mol. The largest absolute Gasteiger partial charge is 0.457 e. The first-order valence-electron chi connectivity index (χ1n) is 26.0. The van der Waals surface area contributed by atoms with Gasteiger partial charge in [-0.15, -0.1) is 0 Å². The molecular formula is C45H72O37. The van der Waals surface area contributed by atoms with Crippen molar-refractivity contribution in [3.05, 3.63) is 0 Å². The van der Waals surface area contributed by atoms with Crippen molar-refractivity contribution in [2.24, 2.45) is 0 Å². The molecule has 0 amide bonds. The molecule has 21 rings (SSSR count). The Morgan fingerprint density at radius 3 is 0.585 bits per heavy atom. The zero-order chi connectivity index (χ0) is 59.9. The molecule has 0 aromatic carbocycles. The highest BCUT2D eigenvalue weighted by Gasteiger charge is 2.59. The van der Waals surface area contributed by atoms with Gasteiger partial charge in [0.25, 0.3) is 0 Å². The van der Waals surface area contributed by atoms with E-state index in [1.165, 1.54) is 0 Å². The van der Waals surface area contributed by atoms with Crippen molar-refractivity contribution in [1.29, 1.82) is 0 Å². The number of hydrogen-bond acceptors (Lipinski definition) is 37. The summed E-state index contributed by atoms with van der Waals surface area (Å²) in [7, 11) is 0. The van der Waals surface area contributed by atoms with Crippen LogP contribution in [0, 0.1) is 0 Å². The third kappa shape index (κ3) is 13.1. The summed E-state index contributed by atoms with van der Waals surface area (Å²) in [6.45, 7) is -6.70. The van der Waals surface area contributed by atoms with Crippen molar-refractivity contribution < 1.29 is 183 Å². The lowest BCUT2D eigenvalue weighted by Gasteiger charge is -2.50. The molecule has 0 unspecified atom stereocenters. The number of ketones is 1. The molecule has 21 fully saturated rings. The van der Waals surface area contributed by atoms with Gasteiger partial charge in [0.05, 0.1) is 39.6 Å². The highest BCUT2D eigenvalue weighted by molar-refractivity contribution is 6.32. The number of ether oxygens (including phenoxy) is 15. The van der Waals surface area contributed by atoms with Crippen LogP contribution in [0.25, 0.3) is 0 Å². The molecule has 37 heteroatoms. The van der Waals surface area contributed by atoms with Crippen LogP contribution in [0.1, 0.15) is 6.92 Å². The molecule has 35 atom stereocenters. The fraction of sp³-hybridized carbons (Fsp3) is 0.956. The molecule has 37 nitrogen and oxygen atoms in total. The maximum atomic E-state index is 12.4. The molecule has 14 bridgehead atoms. The van der Waals surface area contributed by atoms with Gasteiger partial charge < -0.3 is 173 Å². The van der Waals surface area contributed by atoms with Crippen LogP contribution in [0.15, 0.2) is 0 Å². The first-order chi connectivity index (χ1) is 38.9. The second-order valence-corrected chi connectivity index (χ2v) is 20.6. The zero-order valence-corrected chi connectivity index (χ0v) is 43.0. The fourth-order valence-electron chi connectivity index (χ4n) is 10.7. The van der Waals surface area contributed by atoms with Gasteiger partial charge in [0.1, 0.15) is 178 Å². The van der Waals surface area contributed by atoms with Crippen LogP contribution >= 0.6 is 0 Å². The molecule has 21 saturated heterocycles. The van der Waals surface area contributed by atoms with Crippen molar-refractivity contribution in [1.82, 2.24) is 0 Å². The average molecular weight is 1210 g/mol. The van der Waals surface area contributed by atoms with Gasteiger partial charge >= 0.3 is 5.97 Å². The molecule has 0 aromatic heterocycles. The SMILES string of the molecule is CC(=O)C(=O)OC[C@H]1O[C@@H]2O[C@H]3[C@H](O)[C@@H](O)[C@@H](O[C@H]4[C@H](O)[C@@H](O)[C@@H](O[C@H]5[C@H](O)[C@@H](O)[C@@H](O[C@H]6[C@H](O)[C@@H](O)[C@@H](O[C@H]7[C@H](O)[C@@H](O)[C@@H](O[C@H]8[C@H](O)[C@@H](O)[C@@H](O[C@H]1[C@H](O)[C@H]2O)O[C@@H]8CO)O[C@@H]7CO)O[C@@H]6CO)O[C@@H]5CO)O[C@@H]4CO)O[C@@H]3CO. The van der Waals surface area contributed by atoms with Crippen molar-refractivity contribution in [3.63, 3.8) is 0 Å². The minimum absolute atomic E-state index is 0.828. The summed E-state index contributed by atoms with van der Waals surface area (Å²) < 4.78 is 84.9. The smallest absolute Gasteiger partial charge is 0.374 e. The van der Waals surface area contributed by atoms with Gasteiger partial charge in [0.15, 0.2) is 44.0 Å². The Morgan fingerprint density at radius 2 is 0.427 bits per heavy atom. The van der Waals surface area contributed by atoms with E-state index in [9.17, 15) is 112 Å². The number of aliphatic hydroxyl groups excluding tert-OH is 20. The van der Waals surface area contributed by atoms with Crippen molar-refractivity contribution in [2.75, 3.05) is 46.2 Å². The number of rotatable bonds is 9. The Balaban J connectivity index is 1.10. The zero-order valence-electron chi connectivity index (χ0n) is 43.0. The molecule has 0 radical (unpaired) electrons. The number of esters is 1. The highest BCUT2D eigenvalue weighted by Crippen LogP contribution is 2.39. The van der Waals surface area contributed by atoms with E-state index in [4.69, 9.17) is 71.1 Å². The van der Waals surface area contributed by atoms with E-state index in [1.54, 1.807) is 0 Å². The minimum Gasteiger partial charge on any atom is -0.457 e. The molecule has 20 N–H and O–H groups in total. The summed E-state index contributed by atoms with van der Waals surface area (Å²) in [5, 5.41) is 222. The van der Waals surface area contributed by atoms with Crippen molar-refractivity contribution in [2.45, 2.75) is 222 Å². The summed E-state index contributed by atoms with van der Waals surface area (Å²) in [5.41, 5.74) is 0. The molecule has 21 aliphatic rings. The average Bonchev–Trinajstić information content (AvgIpc) is 3.67. The number of aliphatic hydroxyl groups is 20. The summed E-state index contributed by atoms with van der Waals surface area (Å²) >= 11 is 0. The van der Waals surface area contributed by atoms with Crippen LogP contribution in [0.2, 0.25) is 0 Å². The number of hydrogen-bond donors (Lipinski definition) is 20. The van der Waals surface area contributed by atoms with Gasteiger partial charge in [-0.3, -0.25) is 4.79 Å². The topological polar surface area (TPSA) is 577 Å². The van der Waals surface area contributed by atoms with E-state index in [0.29, 0.717) is 0 Å². The van der Waals surface area contributed by atoms with Crippen LogP contribution in [0.3, 0.4) is 0 Å². The van der Waals surface area contributed by atoms with E-state index in [2.05, 4.69) is 0 Å². The standard InChI is InChI=1S/C45H72O37/c1-9(52)38(67)68-8-16-37-23(59)30(66)45(75-16)81-36-15(7-51)73-43(28(64)21(36)57)79-34-13(5-49)71-41(26(62)19(34)55)77-32-11(3-47)69-39(24(60)17(32)53)76-31-10(2-46)70-40(25(61)18(31)54)78-33-12(4-48)72-42(27(63)20(33)56)80-35-14(6-50)74-44(82-37)29(65)22(35)58/h10-37,39-51,53-66H,2-8H2,1H3/t10-,11-,12-,13-,14-,15-,16-,17-,18-,19-,20-,21-,22-,23-,24-,25-,26-,27-,28-,29-,30-,31-,32-,33-,34-,35-,36-,37-,39-,40-,41-,42-,43-,44-,45-/m1/s1. The van der Waals surface area contributed by atoms with Gasteiger partial charge in [-0.2, -0.15) is 0 Å². The van der Waals surface area contributed by atoms with Crippen LogP contribution in [0.4, 0.5) is 0 Å². The molecular weight excluding hydrogens is 1130 g/mol. The van der Waals surface area contributed by atoms with Gasteiger partial charge in [-0.1, -0.05) is 0 Å². The van der Waals surface area contributed by atoms with Crippen molar-refractivity contribution >= 4 is 11.8 Å². The van der Waals surface area contributed by atoms with E-state index in [-0.39, 0.29) is 0 Å². The Kier molecular flexibility index (Phi) is 22.3. The Morgan fingerprint density at radius 1 is 0.268 bits per heavy atom. The summed E-state index contributed by atoms with van der Waals surface area (Å²) in [5.74, 6) is -2.60. The van der Waals surface area contributed by atoms with Gasteiger partial charge in [-0.05, 0) is 0 Å². The maximum absolute atomic E-state index is 12.4. The Hall–Kier alpha value is -2.22. The first kappa shape index (κ1) is 65.7. The first-order valence-corrected chi connectivity index (χ1v) is 26.0. The second-order valence-electron chi connectivity index (χ2n) is 20.6. The Labute approximate surface area is 462 Å². The lowest BCUT2D eigenvalue weighted by atomic mass is 9.95. The normalized spacial score (nSPS) is 52.6. The lowest BCUT2D eigenvalue weighted by Crippen LogP contribution is -2.68. The van der Waals surface area contributed by atoms with E-state index >= 15 is 0 Å². The highest BCUT2D eigenvalue weighted by atomic mass is 16.8. The molecule has 0 aromatic rings. The van der Waals surface area contributed by atoms with Crippen LogP contribution in [0.5, 0.6) is 0 Å². The fourth-order valence-corrected chi connectivity index (χ4v) is 10.7. The summed E-state index contributed by atoms with van der Waals surface area (Å²) in [6, 6.07) is 0. The molecule has 0 aliphatic carbocycles. The van der Waals surface area contributed by atoms with Gasteiger partial charge in [-0.25, -0.2) is 4.79 Å². The van der Waals surface area contributed by atoms with E-state index < -0.39 is 273 Å². The van der Waals surface area contributed by atoms with Gasteiger partial charge in [0, 0.05) is 6.92 Å². The predicted molar refractivity (Wildman–Crippen MR) is 243 cm³/mol. The summed E-state index contributed by atoms with van der Waals surface area (Å²) in [6.07, 6.45) is -72.3. The van der Waals surface area contributed by atoms with Crippen molar-refractivity contribution in [3.8, 4) is 0 Å². The molecule has 0 spiro atoms. The summed E-state index contributed by atoms with van der Waals surface area (Å²) in [4.78, 5) is 24.2. The number of Topliss-reactive ketones (excluding diaryl/α,β-unsaturated/α-hetero) is 1. The molecule has 474 valence electrons. The maximum Gasteiger partial charge on any atom is 0.374 e. The van der Waals surface area contributed by atoms with Gasteiger partial charge in [0.2, 0.25) is 5.78 Å². The quantitative estimate of drug-likeness (QED) is 0.0753. The molecule has 21 heterocycles. The lowest BCUT2D eigenvalue weighted by molar-refractivity contribution is -0.396. The molecule has 82 heavy (non-hydrogen) atoms. The molecule has 0 saturated carbocycles. The molecule has 21 aliphatic heterocycles. The third-order valence-corrected chi connectivity index (χ3v) is 15.3. The second kappa shape index (κ2) is 27.9. The van der Waals surface area contributed by atoms with Crippen LogP contribution in [-0.2, 0) is 80.6 Å². The minimum atomic E-state index is -2.32. The van der Waals surface area contributed by atoms with E-state index in [1.807, 2.05) is 0 Å². The third-order valence-electron chi connectivity index (χ3n) is 15.3. The van der Waals surface area contributed by atoms with Crippen LogP contribution in [-0.4, -0.2) is 375 Å². The number of carbonyl (C=O) groups excluding carboxylic acids is 2. The predicted octanol–water partition coefficient (Wildman–Crippen LogP) is -15.1. The Bertz CT molecular complexity index is 2030.